The average molecular weight is 607 g/mol. The largest absolute Gasteiger partial charge is 0.0727 e. The molecule has 2 aliphatic rings. The molecule has 0 N–H and O–H groups in total. The van der Waals surface area contributed by atoms with Crippen LogP contribution < -0.4 is 5.22 Å². The first kappa shape index (κ1) is 28.3. The molecule has 2 atom stereocenters. The fraction of sp³-hybridized carbons (Fsp3) is 0.191. The lowest BCUT2D eigenvalue weighted by Gasteiger charge is -2.21. The van der Waals surface area contributed by atoms with Gasteiger partial charge in [-0.2, -0.15) is 0 Å². The van der Waals surface area contributed by atoms with Gasteiger partial charge in [0.2, 0.25) is 0 Å². The topological polar surface area (TPSA) is 0 Å². The molecule has 0 radical (unpaired) electrons. The second-order valence-corrected chi connectivity index (χ2v) is 13.6. The molecule has 2 aliphatic carbocycles. The lowest BCUT2D eigenvalue weighted by molar-refractivity contribution is 0.911. The third-order valence-electron chi connectivity index (χ3n) is 10.8. The Morgan fingerprint density at radius 1 is 0.638 bits per heavy atom. The zero-order chi connectivity index (χ0) is 31.8. The third-order valence-corrected chi connectivity index (χ3v) is 10.8. The number of hydrogen-bond donors (Lipinski definition) is 0. The Kier molecular flexibility index (Phi) is 6.51. The molecular formula is C47H42. The molecule has 0 nitrogen and oxygen atoms in total. The lowest BCUT2D eigenvalue weighted by Crippen LogP contribution is -2.16. The Balaban J connectivity index is 0.00000110. The van der Waals surface area contributed by atoms with E-state index < -0.39 is 0 Å². The molecule has 0 heteroatoms. The summed E-state index contributed by atoms with van der Waals surface area (Å²) in [5.74, 6) is 1.21. The highest BCUT2D eigenvalue weighted by molar-refractivity contribution is 6.25. The molecule has 47 heavy (non-hydrogen) atoms. The van der Waals surface area contributed by atoms with Gasteiger partial charge >= 0.3 is 0 Å². The number of rotatable bonds is 5. The van der Waals surface area contributed by atoms with Crippen LogP contribution in [0.25, 0.3) is 76.6 Å². The molecule has 1 saturated carbocycles. The molecule has 10 rings (SSSR count). The van der Waals surface area contributed by atoms with Gasteiger partial charge in [0.1, 0.15) is 0 Å². The maximum Gasteiger partial charge on any atom is 0 e. The van der Waals surface area contributed by atoms with E-state index in [1.54, 1.807) is 11.1 Å². The van der Waals surface area contributed by atoms with Crippen molar-refractivity contribution >= 4 is 65.5 Å². The predicted molar refractivity (Wildman–Crippen MR) is 208 cm³/mol. The van der Waals surface area contributed by atoms with Crippen LogP contribution in [0.5, 0.6) is 0 Å². The molecule has 8 aromatic rings. The van der Waals surface area contributed by atoms with Crippen molar-refractivity contribution in [2.45, 2.75) is 52.9 Å². The van der Waals surface area contributed by atoms with Gasteiger partial charge in [0.25, 0.3) is 0 Å². The van der Waals surface area contributed by atoms with E-state index in [-0.39, 0.29) is 1.43 Å². The van der Waals surface area contributed by atoms with Gasteiger partial charge in [-0.1, -0.05) is 136 Å². The van der Waals surface area contributed by atoms with Crippen molar-refractivity contribution < 1.29 is 1.43 Å². The van der Waals surface area contributed by atoms with Gasteiger partial charge in [-0.25, -0.2) is 0 Å². The number of benzene rings is 8. The first-order valence-electron chi connectivity index (χ1n) is 17.6. The molecule has 0 spiro atoms. The van der Waals surface area contributed by atoms with Crippen molar-refractivity contribution in [3.63, 3.8) is 0 Å². The van der Waals surface area contributed by atoms with E-state index in [1.807, 2.05) is 13.8 Å². The third kappa shape index (κ3) is 4.27. The van der Waals surface area contributed by atoms with E-state index in [2.05, 4.69) is 135 Å². The Labute approximate surface area is 278 Å². The minimum absolute atomic E-state index is 0. The van der Waals surface area contributed by atoms with Crippen LogP contribution in [-0.2, 0) is 0 Å². The molecule has 0 heterocycles. The first-order valence-corrected chi connectivity index (χ1v) is 17.6. The second kappa shape index (κ2) is 10.8. The Bertz CT molecular complexity index is 2570. The first-order chi connectivity index (χ1) is 23.2. The quantitative estimate of drug-likeness (QED) is 0.171. The highest BCUT2D eigenvalue weighted by Gasteiger charge is 2.45. The van der Waals surface area contributed by atoms with Crippen LogP contribution in [0.3, 0.4) is 0 Å². The number of allylic oxidation sites excluding steroid dienone is 1. The number of hydrogen-bond acceptors (Lipinski definition) is 0. The maximum atomic E-state index is 2.51. The summed E-state index contributed by atoms with van der Waals surface area (Å²) in [4.78, 5) is 0. The monoisotopic (exact) mass is 606 g/mol. The minimum Gasteiger partial charge on any atom is -0.0727 e. The molecule has 1 fully saturated rings. The standard InChI is InChI=1S/C45H34.C2H6.H2/c1-3-6-26(2)21-27-22-33(35-17-13-32-12-11-28-7-4-8-29-14-18-36(35)44(32)41(28)29)24-34(23-27)43-38-20-16-31-10-5-9-30-15-19-37(39-25-40(39)43)45(38)42(30)31;1-2;/h4-5,7-24,39-40H,3,6,25H2,1-2H3;1-2H3;1H/b26-21+;;. The van der Waals surface area contributed by atoms with Gasteiger partial charge in [0, 0.05) is 1.43 Å². The fourth-order valence-corrected chi connectivity index (χ4v) is 8.85. The van der Waals surface area contributed by atoms with Crippen molar-refractivity contribution in [3.8, 4) is 11.1 Å². The van der Waals surface area contributed by atoms with Crippen LogP contribution >= 0.6 is 0 Å². The van der Waals surface area contributed by atoms with E-state index in [0.717, 1.165) is 6.42 Å². The fourth-order valence-electron chi connectivity index (χ4n) is 8.85. The summed E-state index contributed by atoms with van der Waals surface area (Å²) in [6, 6.07) is 44.4. The molecule has 8 aromatic carbocycles. The Morgan fingerprint density at radius 3 is 1.96 bits per heavy atom. The number of fused-ring (bicyclic) bond motifs is 2. The zero-order valence-corrected chi connectivity index (χ0v) is 27.8. The van der Waals surface area contributed by atoms with E-state index in [1.165, 1.54) is 99.7 Å². The van der Waals surface area contributed by atoms with Crippen molar-refractivity contribution in [2.24, 2.45) is 5.92 Å². The normalized spacial score (nSPS) is 17.1. The molecule has 230 valence electrons. The van der Waals surface area contributed by atoms with Crippen LogP contribution in [0.1, 0.15) is 71.0 Å². The molecule has 0 saturated heterocycles. The van der Waals surface area contributed by atoms with E-state index in [4.69, 9.17) is 0 Å². The van der Waals surface area contributed by atoms with Gasteiger partial charge in [-0.05, 0) is 142 Å². The van der Waals surface area contributed by atoms with Gasteiger partial charge < -0.3 is 0 Å². The van der Waals surface area contributed by atoms with Crippen molar-refractivity contribution in [1.29, 1.82) is 0 Å². The Morgan fingerprint density at radius 2 is 1.23 bits per heavy atom. The summed E-state index contributed by atoms with van der Waals surface area (Å²) in [5.41, 5.74) is 9.90. The van der Waals surface area contributed by atoms with Crippen molar-refractivity contribution in [2.75, 3.05) is 0 Å². The molecule has 0 amide bonds. The summed E-state index contributed by atoms with van der Waals surface area (Å²) in [6.45, 7) is 8.57. The van der Waals surface area contributed by atoms with Crippen LogP contribution in [0, 0.1) is 5.92 Å². The molecule has 0 aliphatic heterocycles. The lowest BCUT2D eigenvalue weighted by atomic mass is 9.83. The maximum absolute atomic E-state index is 2.51. The molecule has 0 bridgehead atoms. The van der Waals surface area contributed by atoms with E-state index in [9.17, 15) is 0 Å². The highest BCUT2D eigenvalue weighted by atomic mass is 14.5. The summed E-state index contributed by atoms with van der Waals surface area (Å²) < 4.78 is 0. The van der Waals surface area contributed by atoms with Crippen LogP contribution in [0.4, 0.5) is 0 Å². The van der Waals surface area contributed by atoms with Crippen molar-refractivity contribution in [1.82, 2.24) is 0 Å². The SMILES string of the molecule is CC.CCC/C(C)=C/c1cc(C2=c3ccc4cccc5ccc(c3c54)C3CC23)cc(-c2ccc3ccc4cccc5ccc2c3c45)c1.[HH]. The second-order valence-electron chi connectivity index (χ2n) is 13.6. The molecular weight excluding hydrogens is 565 g/mol. The zero-order valence-electron chi connectivity index (χ0n) is 27.8. The highest BCUT2D eigenvalue weighted by Crippen LogP contribution is 2.58. The van der Waals surface area contributed by atoms with Gasteiger partial charge in [0.15, 0.2) is 0 Å². The van der Waals surface area contributed by atoms with Gasteiger partial charge in [0.05, 0.1) is 0 Å². The predicted octanol–water partition coefficient (Wildman–Crippen LogP) is 13.1. The molecule has 2 unspecified atom stereocenters. The van der Waals surface area contributed by atoms with Gasteiger partial charge in [-0.3, -0.25) is 0 Å². The average Bonchev–Trinajstić information content (AvgIpc) is 3.91. The van der Waals surface area contributed by atoms with Crippen LogP contribution in [-0.4, -0.2) is 0 Å². The summed E-state index contributed by atoms with van der Waals surface area (Å²) >= 11 is 0. The summed E-state index contributed by atoms with van der Waals surface area (Å²) in [6.07, 6.45) is 5.97. The van der Waals surface area contributed by atoms with Crippen LogP contribution in [0.15, 0.2) is 121 Å². The van der Waals surface area contributed by atoms with Gasteiger partial charge in [-0.15, -0.1) is 0 Å². The van der Waals surface area contributed by atoms with E-state index in [0.29, 0.717) is 11.8 Å². The van der Waals surface area contributed by atoms with Crippen molar-refractivity contribution in [3.05, 3.63) is 143 Å². The smallest absolute Gasteiger partial charge is 0 e. The summed E-state index contributed by atoms with van der Waals surface area (Å²) in [5, 5.41) is 15.2. The molecule has 0 aromatic heterocycles. The minimum atomic E-state index is 0. The van der Waals surface area contributed by atoms with E-state index >= 15 is 0 Å². The Hall–Kier alpha value is -4.94. The van der Waals surface area contributed by atoms with Crippen LogP contribution in [0.2, 0.25) is 0 Å². The summed E-state index contributed by atoms with van der Waals surface area (Å²) in [7, 11) is 0.